The summed E-state index contributed by atoms with van der Waals surface area (Å²) in [6.07, 6.45) is 0. The largest absolute Gasteiger partial charge is 0.480 e. The molecule has 1 aromatic carbocycles. The number of aromatic nitrogens is 2. The molecule has 2 aromatic rings. The maximum Gasteiger partial charge on any atom is 0.331 e. The molecule has 0 unspecified atom stereocenters. The van der Waals surface area contributed by atoms with Gasteiger partial charge in [0.2, 0.25) is 0 Å². The quantitative estimate of drug-likeness (QED) is 0.857. The van der Waals surface area contributed by atoms with Crippen molar-refractivity contribution in [3.63, 3.8) is 0 Å². The monoisotopic (exact) mass is 268 g/mol. The highest BCUT2D eigenvalue weighted by molar-refractivity contribution is 6.35. The number of aliphatic carboxylic acids is 1. The van der Waals surface area contributed by atoms with E-state index in [1.807, 2.05) is 0 Å². The van der Waals surface area contributed by atoms with Crippen molar-refractivity contribution in [2.75, 3.05) is 0 Å². The minimum Gasteiger partial charge on any atom is -0.480 e. The second-order valence-electron chi connectivity index (χ2n) is 3.76. The lowest BCUT2D eigenvalue weighted by atomic mass is 10.2. The van der Waals surface area contributed by atoms with Crippen LogP contribution in [0.5, 0.6) is 0 Å². The van der Waals surface area contributed by atoms with Crippen molar-refractivity contribution in [2.45, 2.75) is 6.54 Å². The number of hydrogen-bond donors (Lipinski definition) is 1. The summed E-state index contributed by atoms with van der Waals surface area (Å²) in [7, 11) is 1.28. The molecule has 94 valence electrons. The standard InChI is InChI=1S/C11H9ClN2O4/c1-13-10(17)9-6(12)3-2-4-7(9)14(11(13)18)5-8(15)16/h2-4H,5H2,1H3,(H,15,16). The molecule has 0 spiro atoms. The predicted molar refractivity (Wildman–Crippen MR) is 66.1 cm³/mol. The number of fused-ring (bicyclic) bond motifs is 1. The maximum atomic E-state index is 11.9. The molecule has 0 fully saturated rings. The molecular formula is C11H9ClN2O4. The Hall–Kier alpha value is -2.08. The minimum atomic E-state index is -1.17. The highest BCUT2D eigenvalue weighted by Gasteiger charge is 2.14. The van der Waals surface area contributed by atoms with E-state index in [4.69, 9.17) is 16.7 Å². The fraction of sp³-hybridized carbons (Fsp3) is 0.182. The third-order valence-electron chi connectivity index (χ3n) is 2.61. The van der Waals surface area contributed by atoms with Crippen LogP contribution in [0.2, 0.25) is 5.02 Å². The van der Waals surface area contributed by atoms with E-state index in [2.05, 4.69) is 0 Å². The zero-order chi connectivity index (χ0) is 13.4. The summed E-state index contributed by atoms with van der Waals surface area (Å²) in [6, 6.07) is 4.57. The normalized spacial score (nSPS) is 10.8. The molecule has 18 heavy (non-hydrogen) atoms. The van der Waals surface area contributed by atoms with E-state index in [1.54, 1.807) is 6.07 Å². The molecule has 2 rings (SSSR count). The molecule has 7 heteroatoms. The van der Waals surface area contributed by atoms with E-state index in [0.717, 1.165) is 9.13 Å². The van der Waals surface area contributed by atoms with Crippen molar-refractivity contribution in [1.82, 2.24) is 9.13 Å². The zero-order valence-electron chi connectivity index (χ0n) is 9.38. The topological polar surface area (TPSA) is 81.3 Å². The zero-order valence-corrected chi connectivity index (χ0v) is 10.1. The van der Waals surface area contributed by atoms with Crippen molar-refractivity contribution in [2.24, 2.45) is 7.05 Å². The number of hydrogen-bond acceptors (Lipinski definition) is 3. The molecule has 0 aliphatic carbocycles. The third-order valence-corrected chi connectivity index (χ3v) is 2.93. The Kier molecular flexibility index (Phi) is 2.96. The van der Waals surface area contributed by atoms with Crippen LogP contribution >= 0.6 is 11.6 Å². The second-order valence-corrected chi connectivity index (χ2v) is 4.17. The molecule has 0 aliphatic heterocycles. The van der Waals surface area contributed by atoms with Gasteiger partial charge in [-0.1, -0.05) is 17.7 Å². The van der Waals surface area contributed by atoms with Gasteiger partial charge in [0.25, 0.3) is 5.56 Å². The molecule has 1 aromatic heterocycles. The van der Waals surface area contributed by atoms with Crippen molar-refractivity contribution in [1.29, 1.82) is 0 Å². The van der Waals surface area contributed by atoms with Crippen molar-refractivity contribution >= 4 is 28.5 Å². The molecule has 0 bridgehead atoms. The van der Waals surface area contributed by atoms with Gasteiger partial charge in [0, 0.05) is 7.05 Å². The van der Waals surface area contributed by atoms with Gasteiger partial charge in [-0.3, -0.25) is 18.7 Å². The average molecular weight is 269 g/mol. The summed E-state index contributed by atoms with van der Waals surface area (Å²) in [4.78, 5) is 34.6. The fourth-order valence-corrected chi connectivity index (χ4v) is 2.03. The smallest absolute Gasteiger partial charge is 0.331 e. The summed E-state index contributed by atoms with van der Waals surface area (Å²) in [6.45, 7) is -0.524. The first kappa shape index (κ1) is 12.4. The van der Waals surface area contributed by atoms with Crippen LogP contribution in [0.3, 0.4) is 0 Å². The first-order chi connectivity index (χ1) is 8.43. The maximum absolute atomic E-state index is 11.9. The van der Waals surface area contributed by atoms with Crippen LogP contribution in [0, 0.1) is 0 Å². The van der Waals surface area contributed by atoms with Crippen LogP contribution < -0.4 is 11.2 Å². The number of carboxylic acid groups (broad SMARTS) is 1. The van der Waals surface area contributed by atoms with Gasteiger partial charge in [-0.2, -0.15) is 0 Å². The average Bonchev–Trinajstić information content (AvgIpc) is 2.31. The van der Waals surface area contributed by atoms with Crippen molar-refractivity contribution < 1.29 is 9.90 Å². The van der Waals surface area contributed by atoms with Crippen molar-refractivity contribution in [3.05, 3.63) is 44.1 Å². The molecule has 1 N–H and O–H groups in total. The first-order valence-electron chi connectivity index (χ1n) is 5.03. The Morgan fingerprint density at radius 2 is 2.06 bits per heavy atom. The lowest BCUT2D eigenvalue weighted by Crippen LogP contribution is -2.39. The molecule has 0 amide bonds. The summed E-state index contributed by atoms with van der Waals surface area (Å²) < 4.78 is 1.85. The summed E-state index contributed by atoms with van der Waals surface area (Å²) in [5, 5.41) is 9.13. The first-order valence-corrected chi connectivity index (χ1v) is 5.41. The van der Waals surface area contributed by atoms with Crippen LogP contribution in [0.4, 0.5) is 0 Å². The van der Waals surface area contributed by atoms with Crippen LogP contribution in [-0.4, -0.2) is 20.2 Å². The Balaban J connectivity index is 3.02. The number of carbonyl (C=O) groups is 1. The lowest BCUT2D eigenvalue weighted by Gasteiger charge is -2.10. The van der Waals surface area contributed by atoms with Crippen LogP contribution in [-0.2, 0) is 18.4 Å². The van der Waals surface area contributed by atoms with Gasteiger partial charge in [-0.15, -0.1) is 0 Å². The minimum absolute atomic E-state index is 0.141. The number of carboxylic acids is 1. The molecule has 0 saturated heterocycles. The van der Waals surface area contributed by atoms with E-state index in [9.17, 15) is 14.4 Å². The number of halogens is 1. The van der Waals surface area contributed by atoms with Crippen molar-refractivity contribution in [3.8, 4) is 0 Å². The molecule has 6 nitrogen and oxygen atoms in total. The van der Waals surface area contributed by atoms with Gasteiger partial charge in [-0.25, -0.2) is 4.79 Å². The van der Waals surface area contributed by atoms with E-state index < -0.39 is 23.8 Å². The molecule has 0 atom stereocenters. The van der Waals surface area contributed by atoms with Crippen LogP contribution in [0.1, 0.15) is 0 Å². The summed E-state index contributed by atoms with van der Waals surface area (Å²) in [5.41, 5.74) is -1.00. The van der Waals surface area contributed by atoms with Crippen LogP contribution in [0.25, 0.3) is 10.9 Å². The lowest BCUT2D eigenvalue weighted by molar-refractivity contribution is -0.137. The molecule has 1 heterocycles. The van der Waals surface area contributed by atoms with Gasteiger partial charge in [0.1, 0.15) is 6.54 Å². The predicted octanol–water partition coefficient (Wildman–Crippen LogP) is 0.438. The summed E-state index contributed by atoms with van der Waals surface area (Å²) in [5.74, 6) is -1.17. The van der Waals surface area contributed by atoms with Gasteiger partial charge in [0.05, 0.1) is 15.9 Å². The molecule has 0 radical (unpaired) electrons. The highest BCUT2D eigenvalue weighted by Crippen LogP contribution is 2.18. The molecular weight excluding hydrogens is 260 g/mol. The van der Waals surface area contributed by atoms with E-state index in [1.165, 1.54) is 19.2 Å². The van der Waals surface area contributed by atoms with Crippen LogP contribution in [0.15, 0.2) is 27.8 Å². The Morgan fingerprint density at radius 1 is 1.39 bits per heavy atom. The second kappa shape index (κ2) is 4.30. The van der Waals surface area contributed by atoms with E-state index >= 15 is 0 Å². The Labute approximate surface area is 106 Å². The molecule has 0 aliphatic rings. The fourth-order valence-electron chi connectivity index (χ4n) is 1.78. The Morgan fingerprint density at radius 3 is 2.67 bits per heavy atom. The highest BCUT2D eigenvalue weighted by atomic mass is 35.5. The third kappa shape index (κ3) is 1.80. The van der Waals surface area contributed by atoms with E-state index in [0.29, 0.717) is 0 Å². The van der Waals surface area contributed by atoms with Gasteiger partial charge in [-0.05, 0) is 12.1 Å². The SMILES string of the molecule is Cn1c(=O)c2c(Cl)cccc2n(CC(=O)O)c1=O. The Bertz CT molecular complexity index is 760. The number of benzene rings is 1. The van der Waals surface area contributed by atoms with E-state index in [-0.39, 0.29) is 15.9 Å². The van der Waals surface area contributed by atoms with Gasteiger partial charge in [0.15, 0.2) is 0 Å². The van der Waals surface area contributed by atoms with Gasteiger partial charge < -0.3 is 5.11 Å². The summed E-state index contributed by atoms with van der Waals surface area (Å²) >= 11 is 5.92. The molecule has 0 saturated carbocycles. The number of nitrogens with zero attached hydrogens (tertiary/aromatic N) is 2. The number of rotatable bonds is 2. The van der Waals surface area contributed by atoms with Gasteiger partial charge >= 0.3 is 11.7 Å².